The molecule has 1 aliphatic carbocycles. The average molecular weight is 242 g/mol. The van der Waals surface area contributed by atoms with Crippen molar-refractivity contribution in [3.63, 3.8) is 0 Å². The number of alkyl halides is 1. The normalized spacial score (nSPS) is 23.2. The van der Waals surface area contributed by atoms with Crippen LogP contribution in [-0.2, 0) is 11.3 Å². The number of nitrogens with zero attached hydrogens (tertiary/aromatic N) is 1. The maximum absolute atomic E-state index is 11.3. The Hall–Kier alpha value is -0.960. The minimum absolute atomic E-state index is 0.0176. The molecule has 3 nitrogen and oxygen atoms in total. The van der Waals surface area contributed by atoms with Crippen LogP contribution < -0.4 is 0 Å². The molecule has 4 heteroatoms. The molecule has 2 unspecified atom stereocenters. The number of halogens is 1. The maximum atomic E-state index is 11.3. The van der Waals surface area contributed by atoms with E-state index >= 15 is 0 Å². The predicted octanol–water partition coefficient (Wildman–Crippen LogP) is 2.60. The fourth-order valence-electron chi connectivity index (χ4n) is 1.82. The van der Waals surface area contributed by atoms with Gasteiger partial charge in [0.15, 0.2) is 0 Å². The molecule has 0 N–H and O–H groups in total. The molecule has 2 atom stereocenters. The molecule has 0 spiro atoms. The van der Waals surface area contributed by atoms with E-state index in [1.54, 1.807) is 11.9 Å². The molecule has 2 rings (SSSR count). The topological polar surface area (TPSA) is 33.5 Å². The van der Waals surface area contributed by atoms with E-state index in [1.807, 2.05) is 12.1 Å². The van der Waals surface area contributed by atoms with Gasteiger partial charge in [0.05, 0.1) is 6.54 Å². The summed E-state index contributed by atoms with van der Waals surface area (Å²) in [5, 5.41) is 0. The highest BCUT2D eigenvalue weighted by Gasteiger charge is 2.36. The number of carbonyl (C=O) groups is 1. The number of hydrogen-bond donors (Lipinski definition) is 0. The number of amides is 1. The Balaban J connectivity index is 1.95. The first-order chi connectivity index (χ1) is 7.61. The van der Waals surface area contributed by atoms with Gasteiger partial charge in [0.25, 0.3) is 0 Å². The first kappa shape index (κ1) is 11.5. The molecule has 1 aliphatic rings. The van der Waals surface area contributed by atoms with E-state index in [2.05, 4.69) is 6.92 Å². The number of furan rings is 1. The Labute approximate surface area is 100 Å². The van der Waals surface area contributed by atoms with Crippen molar-refractivity contribution in [3.05, 3.63) is 23.7 Å². The minimum Gasteiger partial charge on any atom is -0.464 e. The summed E-state index contributed by atoms with van der Waals surface area (Å²) in [6, 6.07) is 3.96. The number of rotatable bonds is 4. The average Bonchev–Trinajstić information content (AvgIpc) is 2.82. The molecular formula is C12H16ClNO2. The quantitative estimate of drug-likeness (QED) is 0.760. The van der Waals surface area contributed by atoms with Crippen molar-refractivity contribution in [2.75, 3.05) is 12.9 Å². The first-order valence-electron chi connectivity index (χ1n) is 5.50. The Kier molecular flexibility index (Phi) is 3.24. The van der Waals surface area contributed by atoms with Crippen molar-refractivity contribution >= 4 is 17.5 Å². The van der Waals surface area contributed by atoms with Gasteiger partial charge in [0.2, 0.25) is 5.91 Å². The van der Waals surface area contributed by atoms with E-state index < -0.39 is 0 Å². The van der Waals surface area contributed by atoms with Crippen LogP contribution in [0.1, 0.15) is 30.8 Å². The van der Waals surface area contributed by atoms with Gasteiger partial charge < -0.3 is 9.32 Å². The second-order valence-electron chi connectivity index (χ2n) is 4.51. The van der Waals surface area contributed by atoms with Crippen molar-refractivity contribution < 1.29 is 9.21 Å². The van der Waals surface area contributed by atoms with Crippen molar-refractivity contribution in [1.29, 1.82) is 0 Å². The van der Waals surface area contributed by atoms with Crippen LogP contribution in [0.2, 0.25) is 0 Å². The van der Waals surface area contributed by atoms with Crippen LogP contribution in [0, 0.1) is 5.92 Å². The molecular weight excluding hydrogens is 226 g/mol. The van der Waals surface area contributed by atoms with Gasteiger partial charge in [-0.2, -0.15) is 0 Å². The summed E-state index contributed by atoms with van der Waals surface area (Å²) in [4.78, 5) is 12.8. The maximum Gasteiger partial charge on any atom is 0.237 e. The van der Waals surface area contributed by atoms with Gasteiger partial charge >= 0.3 is 0 Å². The highest BCUT2D eigenvalue weighted by molar-refractivity contribution is 6.27. The molecule has 0 bridgehead atoms. The lowest BCUT2D eigenvalue weighted by Gasteiger charge is -2.13. The SMILES string of the molecule is CC1CC1c1ccc(CN(C)C(=O)CCl)o1. The van der Waals surface area contributed by atoms with E-state index in [0.29, 0.717) is 12.5 Å². The van der Waals surface area contributed by atoms with E-state index in [-0.39, 0.29) is 11.8 Å². The molecule has 1 saturated carbocycles. The van der Waals surface area contributed by atoms with Crippen molar-refractivity contribution in [3.8, 4) is 0 Å². The summed E-state index contributed by atoms with van der Waals surface area (Å²) in [5.74, 6) is 3.14. The molecule has 16 heavy (non-hydrogen) atoms. The Bertz CT molecular complexity index is 388. The fraction of sp³-hybridized carbons (Fsp3) is 0.583. The van der Waals surface area contributed by atoms with Gasteiger partial charge in [-0.05, 0) is 24.5 Å². The van der Waals surface area contributed by atoms with Crippen LogP contribution in [0.5, 0.6) is 0 Å². The standard InChI is InChI=1S/C12H16ClNO2/c1-8-5-10(8)11-4-3-9(16-11)7-14(2)12(15)6-13/h3-4,8,10H,5-7H2,1-2H3. The van der Waals surface area contributed by atoms with Crippen LogP contribution in [0.25, 0.3) is 0 Å². The van der Waals surface area contributed by atoms with Crippen LogP contribution >= 0.6 is 11.6 Å². The smallest absolute Gasteiger partial charge is 0.237 e. The third-order valence-corrected chi connectivity index (χ3v) is 3.32. The molecule has 1 aromatic heterocycles. The fourth-order valence-corrected chi connectivity index (χ4v) is 2.03. The molecule has 1 fully saturated rings. The third-order valence-electron chi connectivity index (χ3n) is 3.09. The van der Waals surface area contributed by atoms with Crippen LogP contribution in [0.4, 0.5) is 0 Å². The molecule has 0 radical (unpaired) electrons. The Morgan fingerprint density at radius 2 is 2.31 bits per heavy atom. The molecule has 88 valence electrons. The second kappa shape index (κ2) is 4.50. The highest BCUT2D eigenvalue weighted by atomic mass is 35.5. The van der Waals surface area contributed by atoms with Gasteiger partial charge in [0, 0.05) is 13.0 Å². The van der Waals surface area contributed by atoms with E-state index in [0.717, 1.165) is 17.4 Å². The van der Waals surface area contributed by atoms with Crippen LogP contribution in [-0.4, -0.2) is 23.7 Å². The zero-order valence-electron chi connectivity index (χ0n) is 9.57. The lowest BCUT2D eigenvalue weighted by molar-refractivity contribution is -0.127. The summed E-state index contributed by atoms with van der Waals surface area (Å²) < 4.78 is 5.71. The van der Waals surface area contributed by atoms with Crippen LogP contribution in [0.15, 0.2) is 16.5 Å². The molecule has 1 heterocycles. The van der Waals surface area contributed by atoms with Crippen LogP contribution in [0.3, 0.4) is 0 Å². The predicted molar refractivity (Wildman–Crippen MR) is 62.4 cm³/mol. The van der Waals surface area contributed by atoms with E-state index in [4.69, 9.17) is 16.0 Å². The molecule has 0 aliphatic heterocycles. The Morgan fingerprint density at radius 1 is 1.62 bits per heavy atom. The second-order valence-corrected chi connectivity index (χ2v) is 4.77. The zero-order chi connectivity index (χ0) is 11.7. The highest BCUT2D eigenvalue weighted by Crippen LogP contribution is 2.47. The van der Waals surface area contributed by atoms with Gasteiger partial charge in [0.1, 0.15) is 17.4 Å². The lowest BCUT2D eigenvalue weighted by atomic mass is 10.3. The lowest BCUT2D eigenvalue weighted by Crippen LogP contribution is -2.26. The first-order valence-corrected chi connectivity index (χ1v) is 6.03. The minimum atomic E-state index is -0.0839. The summed E-state index contributed by atoms with van der Waals surface area (Å²) in [6.07, 6.45) is 1.21. The van der Waals surface area contributed by atoms with Crippen molar-refractivity contribution in [2.45, 2.75) is 25.8 Å². The summed E-state index contributed by atoms with van der Waals surface area (Å²) in [6.45, 7) is 2.71. The Morgan fingerprint density at radius 3 is 2.88 bits per heavy atom. The van der Waals surface area contributed by atoms with E-state index in [1.165, 1.54) is 6.42 Å². The molecule has 1 amide bonds. The molecule has 1 aromatic rings. The summed E-state index contributed by atoms with van der Waals surface area (Å²) in [5.41, 5.74) is 0. The summed E-state index contributed by atoms with van der Waals surface area (Å²) in [7, 11) is 1.73. The van der Waals surface area contributed by atoms with E-state index in [9.17, 15) is 4.79 Å². The number of hydrogen-bond acceptors (Lipinski definition) is 2. The summed E-state index contributed by atoms with van der Waals surface area (Å²) >= 11 is 5.48. The molecule has 0 saturated heterocycles. The van der Waals surface area contributed by atoms with Crippen molar-refractivity contribution in [2.24, 2.45) is 5.92 Å². The van der Waals surface area contributed by atoms with Gasteiger partial charge in [-0.1, -0.05) is 6.92 Å². The third kappa shape index (κ3) is 2.40. The van der Waals surface area contributed by atoms with Gasteiger partial charge in [-0.15, -0.1) is 11.6 Å². The number of carbonyl (C=O) groups excluding carboxylic acids is 1. The zero-order valence-corrected chi connectivity index (χ0v) is 10.3. The largest absolute Gasteiger partial charge is 0.464 e. The monoisotopic (exact) mass is 241 g/mol. The van der Waals surface area contributed by atoms with Gasteiger partial charge in [-0.3, -0.25) is 4.79 Å². The van der Waals surface area contributed by atoms with Crippen molar-refractivity contribution in [1.82, 2.24) is 4.90 Å². The van der Waals surface area contributed by atoms with Gasteiger partial charge in [-0.25, -0.2) is 0 Å². The molecule has 0 aromatic carbocycles.